The fourth-order valence-corrected chi connectivity index (χ4v) is 4.50. The smallest absolute Gasteiger partial charge is 0.323 e. The van der Waals surface area contributed by atoms with Crippen molar-refractivity contribution in [2.24, 2.45) is 13.0 Å². The third-order valence-corrected chi connectivity index (χ3v) is 6.39. The van der Waals surface area contributed by atoms with Crippen molar-refractivity contribution in [1.29, 1.82) is 0 Å². The van der Waals surface area contributed by atoms with E-state index >= 15 is 0 Å². The number of urea groups is 1. The Balaban J connectivity index is 1.24. The largest absolute Gasteiger partial charge is 0.494 e. The van der Waals surface area contributed by atoms with E-state index in [4.69, 9.17) is 4.74 Å². The summed E-state index contributed by atoms with van der Waals surface area (Å²) in [7, 11) is 1.85. The van der Waals surface area contributed by atoms with Crippen LogP contribution in [0.1, 0.15) is 48.9 Å². The van der Waals surface area contributed by atoms with E-state index in [0.717, 1.165) is 18.1 Å². The number of piperazine rings is 1. The molecule has 1 aromatic heterocycles. The van der Waals surface area contributed by atoms with Gasteiger partial charge in [0.1, 0.15) is 5.75 Å². The van der Waals surface area contributed by atoms with Crippen LogP contribution in [0.15, 0.2) is 36.8 Å². The quantitative estimate of drug-likeness (QED) is 0.743. The number of aryl methyl sites for hydroxylation is 1. The van der Waals surface area contributed by atoms with Crippen LogP contribution in [-0.4, -0.2) is 64.1 Å². The van der Waals surface area contributed by atoms with Crippen molar-refractivity contribution in [3.05, 3.63) is 42.4 Å². The Hall–Kier alpha value is -3.03. The molecule has 4 rings (SSSR count). The minimum atomic E-state index is -0.191. The SMILES string of the molecule is Cn1cnc(NC(=O)N2CCN(C(=O)c3cccc(OCCC4CCCCC4)c3)CC2)c1. The predicted octanol–water partition coefficient (Wildman–Crippen LogP) is 3.76. The van der Waals surface area contributed by atoms with Crippen molar-refractivity contribution in [3.63, 3.8) is 0 Å². The number of nitrogens with zero attached hydrogens (tertiary/aromatic N) is 4. The average molecular weight is 440 g/mol. The number of benzene rings is 1. The van der Waals surface area contributed by atoms with Gasteiger partial charge in [-0.1, -0.05) is 38.2 Å². The summed E-state index contributed by atoms with van der Waals surface area (Å²) in [5.74, 6) is 2.03. The number of carbonyl (C=O) groups excluding carboxylic acids is 2. The summed E-state index contributed by atoms with van der Waals surface area (Å²) in [4.78, 5) is 33.0. The van der Waals surface area contributed by atoms with Gasteiger partial charge in [-0.15, -0.1) is 0 Å². The molecular formula is C24H33N5O3. The molecule has 0 spiro atoms. The van der Waals surface area contributed by atoms with Crippen molar-refractivity contribution >= 4 is 17.8 Å². The second-order valence-electron chi connectivity index (χ2n) is 8.80. The number of anilines is 1. The maximum atomic E-state index is 13.0. The van der Waals surface area contributed by atoms with Crippen LogP contribution in [0.5, 0.6) is 5.75 Å². The Bertz CT molecular complexity index is 914. The molecule has 1 saturated heterocycles. The Morgan fingerprint density at radius 3 is 2.56 bits per heavy atom. The molecule has 2 aliphatic rings. The zero-order chi connectivity index (χ0) is 22.3. The van der Waals surface area contributed by atoms with E-state index in [2.05, 4.69) is 10.3 Å². The highest BCUT2D eigenvalue weighted by molar-refractivity contribution is 5.95. The molecular weight excluding hydrogens is 406 g/mol. The van der Waals surface area contributed by atoms with Crippen molar-refractivity contribution in [2.75, 3.05) is 38.1 Å². The first-order chi connectivity index (χ1) is 15.6. The molecule has 2 heterocycles. The van der Waals surface area contributed by atoms with E-state index in [-0.39, 0.29) is 11.9 Å². The molecule has 0 atom stereocenters. The third-order valence-electron chi connectivity index (χ3n) is 6.39. The summed E-state index contributed by atoms with van der Waals surface area (Å²) in [6.45, 7) is 2.68. The maximum absolute atomic E-state index is 13.0. The number of rotatable bonds is 6. The fraction of sp³-hybridized carbons (Fsp3) is 0.542. The summed E-state index contributed by atoms with van der Waals surface area (Å²) in [6.07, 6.45) is 11.1. The third kappa shape index (κ3) is 5.81. The molecule has 0 radical (unpaired) electrons. The topological polar surface area (TPSA) is 79.7 Å². The monoisotopic (exact) mass is 439 g/mol. The van der Waals surface area contributed by atoms with E-state index in [1.807, 2.05) is 31.3 Å². The molecule has 1 saturated carbocycles. The number of ether oxygens (including phenoxy) is 1. The summed E-state index contributed by atoms with van der Waals surface area (Å²) >= 11 is 0. The van der Waals surface area contributed by atoms with E-state index < -0.39 is 0 Å². The number of imidazole rings is 1. The molecule has 8 heteroatoms. The van der Waals surface area contributed by atoms with Crippen LogP contribution in [0.3, 0.4) is 0 Å². The second-order valence-corrected chi connectivity index (χ2v) is 8.80. The van der Waals surface area contributed by atoms with Crippen LogP contribution in [0.4, 0.5) is 10.6 Å². The lowest BCUT2D eigenvalue weighted by atomic mass is 9.87. The van der Waals surface area contributed by atoms with E-state index in [9.17, 15) is 9.59 Å². The Morgan fingerprint density at radius 2 is 1.84 bits per heavy atom. The molecule has 32 heavy (non-hydrogen) atoms. The summed E-state index contributed by atoms with van der Waals surface area (Å²) in [5, 5.41) is 2.79. The molecule has 0 bridgehead atoms. The lowest BCUT2D eigenvalue weighted by Gasteiger charge is -2.34. The van der Waals surface area contributed by atoms with Gasteiger partial charge < -0.3 is 19.1 Å². The molecule has 8 nitrogen and oxygen atoms in total. The predicted molar refractivity (Wildman–Crippen MR) is 123 cm³/mol. The van der Waals surface area contributed by atoms with Gasteiger partial charge in [0.25, 0.3) is 5.91 Å². The van der Waals surface area contributed by atoms with Crippen LogP contribution >= 0.6 is 0 Å². The zero-order valence-corrected chi connectivity index (χ0v) is 18.8. The molecule has 1 aliphatic heterocycles. The number of amides is 3. The summed E-state index contributed by atoms with van der Waals surface area (Å²) in [5.41, 5.74) is 0.631. The number of hydrogen-bond donors (Lipinski definition) is 1. The van der Waals surface area contributed by atoms with Gasteiger partial charge in [0.05, 0.1) is 12.9 Å². The van der Waals surface area contributed by atoms with Crippen molar-refractivity contribution in [1.82, 2.24) is 19.4 Å². The van der Waals surface area contributed by atoms with Crippen LogP contribution in [-0.2, 0) is 7.05 Å². The molecule has 2 aromatic rings. The zero-order valence-electron chi connectivity index (χ0n) is 18.8. The van der Waals surface area contributed by atoms with Crippen LogP contribution in [0.2, 0.25) is 0 Å². The number of nitrogens with one attached hydrogen (secondary N) is 1. The molecule has 1 N–H and O–H groups in total. The Morgan fingerprint density at radius 1 is 1.09 bits per heavy atom. The van der Waals surface area contributed by atoms with Crippen molar-refractivity contribution in [3.8, 4) is 5.75 Å². The minimum absolute atomic E-state index is 0.0208. The minimum Gasteiger partial charge on any atom is -0.494 e. The van der Waals surface area contributed by atoms with Gasteiger partial charge in [-0.3, -0.25) is 10.1 Å². The first-order valence-corrected chi connectivity index (χ1v) is 11.6. The van der Waals surface area contributed by atoms with E-state index in [1.54, 1.807) is 26.9 Å². The fourth-order valence-electron chi connectivity index (χ4n) is 4.50. The lowest BCUT2D eigenvalue weighted by molar-refractivity contribution is 0.0671. The standard InChI is InChI=1S/C24H33N5O3/c1-27-17-22(25-18-27)26-24(31)29-13-11-28(12-14-29)23(30)20-8-5-9-21(16-20)32-15-10-19-6-3-2-4-7-19/h5,8-9,16-19H,2-4,6-7,10-15H2,1H3,(H,26,31). The highest BCUT2D eigenvalue weighted by Gasteiger charge is 2.25. The van der Waals surface area contributed by atoms with E-state index in [0.29, 0.717) is 44.2 Å². The highest BCUT2D eigenvalue weighted by atomic mass is 16.5. The van der Waals surface area contributed by atoms with Crippen molar-refractivity contribution in [2.45, 2.75) is 38.5 Å². The van der Waals surface area contributed by atoms with Crippen molar-refractivity contribution < 1.29 is 14.3 Å². The van der Waals surface area contributed by atoms with Gasteiger partial charge in [0.15, 0.2) is 5.82 Å². The van der Waals surface area contributed by atoms with Gasteiger partial charge in [0, 0.05) is 45.0 Å². The van der Waals surface area contributed by atoms with Gasteiger partial charge in [-0.2, -0.15) is 0 Å². The molecule has 3 amide bonds. The highest BCUT2D eigenvalue weighted by Crippen LogP contribution is 2.26. The van der Waals surface area contributed by atoms with Gasteiger partial charge in [-0.25, -0.2) is 9.78 Å². The van der Waals surface area contributed by atoms with Gasteiger partial charge >= 0.3 is 6.03 Å². The summed E-state index contributed by atoms with van der Waals surface area (Å²) < 4.78 is 7.73. The average Bonchev–Trinajstić information content (AvgIpc) is 3.24. The first-order valence-electron chi connectivity index (χ1n) is 11.6. The number of aromatic nitrogens is 2. The lowest BCUT2D eigenvalue weighted by Crippen LogP contribution is -2.51. The van der Waals surface area contributed by atoms with Crippen LogP contribution in [0, 0.1) is 5.92 Å². The maximum Gasteiger partial charge on any atom is 0.323 e. The Kier molecular flexibility index (Phi) is 7.29. The first kappa shape index (κ1) is 22.2. The van der Waals surface area contributed by atoms with Crippen LogP contribution in [0.25, 0.3) is 0 Å². The van der Waals surface area contributed by atoms with Crippen LogP contribution < -0.4 is 10.1 Å². The molecule has 1 aromatic carbocycles. The molecule has 172 valence electrons. The van der Waals surface area contributed by atoms with Gasteiger partial charge in [-0.05, 0) is 30.5 Å². The Labute approximate surface area is 189 Å². The normalized spacial score (nSPS) is 17.3. The molecule has 1 aliphatic carbocycles. The number of carbonyl (C=O) groups is 2. The van der Waals surface area contributed by atoms with E-state index in [1.165, 1.54) is 32.1 Å². The summed E-state index contributed by atoms with van der Waals surface area (Å²) in [6, 6.07) is 7.26. The molecule has 0 unspecified atom stereocenters. The van der Waals surface area contributed by atoms with Gasteiger partial charge in [0.2, 0.25) is 0 Å². The molecule has 2 fully saturated rings. The second kappa shape index (κ2) is 10.5. The number of hydrogen-bond acceptors (Lipinski definition) is 4.